The first kappa shape index (κ1) is 15.7. The van der Waals surface area contributed by atoms with Crippen LogP contribution in [-0.2, 0) is 11.3 Å². The van der Waals surface area contributed by atoms with Crippen LogP contribution in [-0.4, -0.2) is 27.8 Å². The van der Waals surface area contributed by atoms with E-state index in [0.29, 0.717) is 19.4 Å². The van der Waals surface area contributed by atoms with E-state index in [2.05, 4.69) is 16.5 Å². The minimum Gasteiger partial charge on any atom is -0.356 e. The van der Waals surface area contributed by atoms with Crippen LogP contribution >= 0.6 is 0 Å². The number of nitrogens with two attached hydrogens (primary N) is 1. The monoisotopic (exact) mass is 266 g/mol. The molecule has 0 fully saturated rings. The molecule has 1 aromatic rings. The number of nitrogens with zero attached hydrogens (tertiary/aromatic N) is 2. The maximum Gasteiger partial charge on any atom is 0.220 e. The number of carbonyl (C=O) groups excluding carboxylic acids is 1. The van der Waals surface area contributed by atoms with Crippen molar-refractivity contribution in [1.82, 2.24) is 15.1 Å². The molecule has 1 aromatic heterocycles. The van der Waals surface area contributed by atoms with Gasteiger partial charge in [-0.25, -0.2) is 0 Å². The number of hydrogen-bond donors (Lipinski definition) is 2. The van der Waals surface area contributed by atoms with Crippen LogP contribution in [0.2, 0.25) is 0 Å². The summed E-state index contributed by atoms with van der Waals surface area (Å²) >= 11 is 0. The van der Waals surface area contributed by atoms with Crippen LogP contribution in [0.15, 0.2) is 6.07 Å². The molecule has 0 spiro atoms. The predicted molar refractivity (Wildman–Crippen MR) is 76.8 cm³/mol. The Labute approximate surface area is 115 Å². The summed E-state index contributed by atoms with van der Waals surface area (Å²) in [6.07, 6.45) is 2.08. The molecule has 1 heterocycles. The molecule has 0 unspecified atom stereocenters. The fourth-order valence-electron chi connectivity index (χ4n) is 1.88. The molecule has 0 bridgehead atoms. The highest BCUT2D eigenvalue weighted by Crippen LogP contribution is 2.06. The van der Waals surface area contributed by atoms with Gasteiger partial charge in [0.05, 0.1) is 5.69 Å². The highest BCUT2D eigenvalue weighted by atomic mass is 16.1. The lowest BCUT2D eigenvalue weighted by Crippen LogP contribution is -2.34. The molecule has 0 aliphatic carbocycles. The second-order valence-electron chi connectivity index (χ2n) is 5.84. The fraction of sp³-hybridized carbons (Fsp3) is 0.714. The minimum atomic E-state index is -0.277. The largest absolute Gasteiger partial charge is 0.356 e. The number of amides is 1. The lowest BCUT2D eigenvalue weighted by Gasteiger charge is -2.17. The van der Waals surface area contributed by atoms with Crippen molar-refractivity contribution < 1.29 is 4.79 Å². The van der Waals surface area contributed by atoms with Crippen molar-refractivity contribution >= 4 is 5.91 Å². The topological polar surface area (TPSA) is 72.9 Å². The van der Waals surface area contributed by atoms with Gasteiger partial charge >= 0.3 is 0 Å². The van der Waals surface area contributed by atoms with Crippen molar-refractivity contribution in [3.63, 3.8) is 0 Å². The Balaban J connectivity index is 2.17. The third-order valence-electron chi connectivity index (χ3n) is 2.97. The third kappa shape index (κ3) is 6.38. The van der Waals surface area contributed by atoms with Crippen molar-refractivity contribution in [2.45, 2.75) is 59.0 Å². The molecule has 0 saturated carbocycles. The molecule has 1 rings (SSSR count). The van der Waals surface area contributed by atoms with Gasteiger partial charge < -0.3 is 11.1 Å². The van der Waals surface area contributed by atoms with Crippen LogP contribution in [0.1, 0.15) is 44.5 Å². The van der Waals surface area contributed by atoms with E-state index in [4.69, 9.17) is 5.73 Å². The SMILES string of the molecule is Cc1cc(C)n(CCCNC(=O)CCC(C)(C)N)n1. The minimum absolute atomic E-state index is 0.0758. The zero-order valence-corrected chi connectivity index (χ0v) is 12.5. The van der Waals surface area contributed by atoms with Gasteiger partial charge in [-0.05, 0) is 46.6 Å². The van der Waals surface area contributed by atoms with E-state index >= 15 is 0 Å². The molecule has 0 radical (unpaired) electrons. The summed E-state index contributed by atoms with van der Waals surface area (Å²) in [6.45, 7) is 9.42. The van der Waals surface area contributed by atoms with E-state index in [1.54, 1.807) is 0 Å². The summed E-state index contributed by atoms with van der Waals surface area (Å²) < 4.78 is 1.98. The van der Waals surface area contributed by atoms with Gasteiger partial charge in [-0.15, -0.1) is 0 Å². The molecule has 3 N–H and O–H groups in total. The molecule has 0 atom stereocenters. The molecule has 0 aliphatic heterocycles. The summed E-state index contributed by atoms with van der Waals surface area (Å²) in [4.78, 5) is 11.6. The number of hydrogen-bond acceptors (Lipinski definition) is 3. The summed E-state index contributed by atoms with van der Waals surface area (Å²) in [7, 11) is 0. The first-order chi connectivity index (χ1) is 8.78. The number of aromatic nitrogens is 2. The lowest BCUT2D eigenvalue weighted by molar-refractivity contribution is -0.121. The van der Waals surface area contributed by atoms with Crippen molar-refractivity contribution in [2.24, 2.45) is 5.73 Å². The maximum absolute atomic E-state index is 11.6. The molecule has 0 saturated heterocycles. The van der Waals surface area contributed by atoms with E-state index in [1.165, 1.54) is 0 Å². The van der Waals surface area contributed by atoms with Crippen LogP contribution in [0.25, 0.3) is 0 Å². The molecule has 5 heteroatoms. The normalized spacial score (nSPS) is 11.6. The Morgan fingerprint density at radius 3 is 2.68 bits per heavy atom. The van der Waals surface area contributed by atoms with Gasteiger partial charge in [0.1, 0.15) is 0 Å². The van der Waals surface area contributed by atoms with Gasteiger partial charge in [-0.3, -0.25) is 9.48 Å². The number of carbonyl (C=O) groups is 1. The average Bonchev–Trinajstić information content (AvgIpc) is 2.60. The molecular formula is C14H26N4O. The number of rotatable bonds is 7. The summed E-state index contributed by atoms with van der Waals surface area (Å²) in [5.74, 6) is 0.0758. The zero-order chi connectivity index (χ0) is 14.5. The Hall–Kier alpha value is -1.36. The zero-order valence-electron chi connectivity index (χ0n) is 12.5. The van der Waals surface area contributed by atoms with Crippen molar-refractivity contribution in [3.05, 3.63) is 17.5 Å². The van der Waals surface area contributed by atoms with Gasteiger partial charge in [0.15, 0.2) is 0 Å². The van der Waals surface area contributed by atoms with Crippen LogP contribution < -0.4 is 11.1 Å². The molecule has 5 nitrogen and oxygen atoms in total. The number of aryl methyl sites for hydroxylation is 3. The van der Waals surface area contributed by atoms with Crippen LogP contribution in [0.4, 0.5) is 0 Å². The second-order valence-corrected chi connectivity index (χ2v) is 5.84. The van der Waals surface area contributed by atoms with E-state index in [9.17, 15) is 4.79 Å². The van der Waals surface area contributed by atoms with Gasteiger partial charge in [0.2, 0.25) is 5.91 Å². The highest BCUT2D eigenvalue weighted by molar-refractivity contribution is 5.75. The lowest BCUT2D eigenvalue weighted by atomic mass is 10.00. The van der Waals surface area contributed by atoms with E-state index in [-0.39, 0.29) is 11.4 Å². The van der Waals surface area contributed by atoms with Gasteiger partial charge in [0.25, 0.3) is 0 Å². The van der Waals surface area contributed by atoms with E-state index < -0.39 is 0 Å². The van der Waals surface area contributed by atoms with Gasteiger partial charge in [0, 0.05) is 30.7 Å². The van der Waals surface area contributed by atoms with Crippen LogP contribution in [0.5, 0.6) is 0 Å². The highest BCUT2D eigenvalue weighted by Gasteiger charge is 2.12. The summed E-state index contributed by atoms with van der Waals surface area (Å²) in [5.41, 5.74) is 7.76. The molecular weight excluding hydrogens is 240 g/mol. The standard InChI is InChI=1S/C14H26N4O/c1-11-10-12(2)18(17-11)9-5-8-16-13(19)6-7-14(3,4)15/h10H,5-9,15H2,1-4H3,(H,16,19). The van der Waals surface area contributed by atoms with Crippen molar-refractivity contribution in [1.29, 1.82) is 0 Å². The van der Waals surface area contributed by atoms with Crippen LogP contribution in [0.3, 0.4) is 0 Å². The first-order valence-electron chi connectivity index (χ1n) is 6.84. The predicted octanol–water partition coefficient (Wildman–Crippen LogP) is 1.52. The van der Waals surface area contributed by atoms with E-state index in [0.717, 1.165) is 24.4 Å². The van der Waals surface area contributed by atoms with Crippen molar-refractivity contribution in [3.8, 4) is 0 Å². The summed E-state index contributed by atoms with van der Waals surface area (Å²) in [5, 5.41) is 7.30. The van der Waals surface area contributed by atoms with Gasteiger partial charge in [-0.1, -0.05) is 0 Å². The van der Waals surface area contributed by atoms with E-state index in [1.807, 2.05) is 32.4 Å². The Kier molecular flexibility index (Phi) is 5.54. The summed E-state index contributed by atoms with van der Waals surface area (Å²) in [6, 6.07) is 2.06. The molecule has 1 amide bonds. The maximum atomic E-state index is 11.6. The third-order valence-corrected chi connectivity index (χ3v) is 2.97. The molecule has 108 valence electrons. The quantitative estimate of drug-likeness (QED) is 0.735. The smallest absolute Gasteiger partial charge is 0.220 e. The molecule has 0 aliphatic rings. The first-order valence-corrected chi connectivity index (χ1v) is 6.84. The second kappa shape index (κ2) is 6.70. The van der Waals surface area contributed by atoms with Gasteiger partial charge in [-0.2, -0.15) is 5.10 Å². The Morgan fingerprint density at radius 2 is 2.16 bits per heavy atom. The Morgan fingerprint density at radius 1 is 1.47 bits per heavy atom. The molecule has 0 aromatic carbocycles. The number of nitrogens with one attached hydrogen (secondary N) is 1. The Bertz CT molecular complexity index is 418. The van der Waals surface area contributed by atoms with Crippen molar-refractivity contribution in [2.75, 3.05) is 6.54 Å². The molecule has 19 heavy (non-hydrogen) atoms. The fourth-order valence-corrected chi connectivity index (χ4v) is 1.88. The van der Waals surface area contributed by atoms with Crippen LogP contribution in [0, 0.1) is 13.8 Å². The average molecular weight is 266 g/mol.